The maximum atomic E-state index is 11.4. The number of hydrogen-bond donors (Lipinski definition) is 0. The zero-order valence-corrected chi connectivity index (χ0v) is 12.4. The minimum Gasteiger partial charge on any atom is -0.465 e. The zero-order valence-electron chi connectivity index (χ0n) is 11.5. The quantitative estimate of drug-likeness (QED) is 0.577. The Kier molecular flexibility index (Phi) is 5.23. The van der Waals surface area contributed by atoms with Crippen LogP contribution in [0.15, 0.2) is 28.0 Å². The van der Waals surface area contributed by atoms with Gasteiger partial charge in [-0.05, 0) is 25.5 Å². The first-order valence-electron chi connectivity index (χ1n) is 6.51. The molecule has 2 rings (SSSR count). The van der Waals surface area contributed by atoms with Crippen molar-refractivity contribution in [1.29, 1.82) is 0 Å². The van der Waals surface area contributed by atoms with Gasteiger partial charge in [-0.15, -0.1) is 10.2 Å². The second-order valence-electron chi connectivity index (χ2n) is 4.03. The number of furan rings is 1. The van der Waals surface area contributed by atoms with E-state index >= 15 is 0 Å². The average Bonchev–Trinajstić information content (AvgIpc) is 3.06. The summed E-state index contributed by atoms with van der Waals surface area (Å²) in [4.78, 5) is 11.4. The molecule has 20 heavy (non-hydrogen) atoms. The van der Waals surface area contributed by atoms with E-state index in [2.05, 4.69) is 17.1 Å². The molecule has 0 spiro atoms. The van der Waals surface area contributed by atoms with Crippen LogP contribution in [0.2, 0.25) is 0 Å². The summed E-state index contributed by atoms with van der Waals surface area (Å²) in [5.74, 6) is 1.34. The Morgan fingerprint density at radius 3 is 2.95 bits per heavy atom. The van der Waals surface area contributed by atoms with Crippen LogP contribution in [0.5, 0.6) is 0 Å². The maximum absolute atomic E-state index is 11.4. The number of nitrogens with zero attached hydrogens (tertiary/aromatic N) is 3. The van der Waals surface area contributed by atoms with Crippen LogP contribution >= 0.6 is 11.8 Å². The van der Waals surface area contributed by atoms with Crippen molar-refractivity contribution >= 4 is 17.7 Å². The van der Waals surface area contributed by atoms with E-state index in [0.29, 0.717) is 23.3 Å². The molecule has 0 amide bonds. The fraction of sp³-hybridized carbons (Fsp3) is 0.462. The third-order valence-electron chi connectivity index (χ3n) is 2.53. The van der Waals surface area contributed by atoms with Crippen molar-refractivity contribution in [3.8, 4) is 11.6 Å². The van der Waals surface area contributed by atoms with E-state index in [1.54, 1.807) is 13.2 Å². The van der Waals surface area contributed by atoms with Crippen molar-refractivity contribution < 1.29 is 13.9 Å². The van der Waals surface area contributed by atoms with Crippen LogP contribution in [0, 0.1) is 0 Å². The molecule has 0 aliphatic heterocycles. The summed E-state index contributed by atoms with van der Waals surface area (Å²) in [6.07, 6.45) is 2.55. The Balaban J connectivity index is 2.15. The van der Waals surface area contributed by atoms with E-state index in [-0.39, 0.29) is 11.7 Å². The lowest BCUT2D eigenvalue weighted by Crippen LogP contribution is -2.08. The van der Waals surface area contributed by atoms with E-state index in [1.807, 2.05) is 16.7 Å². The van der Waals surface area contributed by atoms with Crippen molar-refractivity contribution in [2.45, 2.75) is 32.0 Å². The molecule has 108 valence electrons. The molecule has 0 unspecified atom stereocenters. The van der Waals surface area contributed by atoms with E-state index in [4.69, 9.17) is 9.15 Å². The van der Waals surface area contributed by atoms with Crippen molar-refractivity contribution in [3.63, 3.8) is 0 Å². The molecule has 0 aliphatic carbocycles. The lowest BCUT2D eigenvalue weighted by molar-refractivity contribution is -0.139. The van der Waals surface area contributed by atoms with E-state index < -0.39 is 0 Å². The lowest BCUT2D eigenvalue weighted by Gasteiger charge is -2.07. The monoisotopic (exact) mass is 295 g/mol. The molecule has 2 aromatic heterocycles. The van der Waals surface area contributed by atoms with Crippen LogP contribution < -0.4 is 0 Å². The highest BCUT2D eigenvalue weighted by molar-refractivity contribution is 7.99. The van der Waals surface area contributed by atoms with Gasteiger partial charge >= 0.3 is 5.97 Å². The van der Waals surface area contributed by atoms with E-state index in [1.165, 1.54) is 11.8 Å². The average molecular weight is 295 g/mol. The predicted molar refractivity (Wildman–Crippen MR) is 75.4 cm³/mol. The highest BCUT2D eigenvalue weighted by Gasteiger charge is 2.16. The number of hydrogen-bond acceptors (Lipinski definition) is 6. The molecule has 0 radical (unpaired) electrons. The van der Waals surface area contributed by atoms with Gasteiger partial charge in [0.15, 0.2) is 16.7 Å². The molecule has 0 saturated carbocycles. The molecule has 6 nitrogen and oxygen atoms in total. The molecule has 0 aliphatic rings. The summed E-state index contributed by atoms with van der Waals surface area (Å²) in [7, 11) is 0. The minimum atomic E-state index is -0.247. The molecule has 2 heterocycles. The largest absolute Gasteiger partial charge is 0.465 e. The summed E-state index contributed by atoms with van der Waals surface area (Å²) < 4.78 is 12.2. The Bertz CT molecular complexity index is 551. The number of aromatic nitrogens is 3. The molecule has 0 saturated heterocycles. The third kappa shape index (κ3) is 3.41. The molecule has 7 heteroatoms. The SMILES string of the molecule is CCCn1c(SCC(=O)OCC)nnc1-c1ccco1. The minimum absolute atomic E-state index is 0.230. The maximum Gasteiger partial charge on any atom is 0.316 e. The third-order valence-corrected chi connectivity index (χ3v) is 3.47. The van der Waals surface area contributed by atoms with Gasteiger partial charge in [-0.3, -0.25) is 9.36 Å². The van der Waals surface area contributed by atoms with Gasteiger partial charge < -0.3 is 9.15 Å². The summed E-state index contributed by atoms with van der Waals surface area (Å²) in [6.45, 7) is 5.02. The van der Waals surface area contributed by atoms with Crippen molar-refractivity contribution in [2.24, 2.45) is 0 Å². The predicted octanol–water partition coefficient (Wildman–Crippen LogP) is 2.60. The van der Waals surface area contributed by atoms with E-state index in [0.717, 1.165) is 13.0 Å². The molecule has 0 N–H and O–H groups in total. The number of carbonyl (C=O) groups excluding carboxylic acids is 1. The Morgan fingerprint density at radius 1 is 1.45 bits per heavy atom. The highest BCUT2D eigenvalue weighted by Crippen LogP contribution is 2.24. The molecule has 0 atom stereocenters. The van der Waals surface area contributed by atoms with Gasteiger partial charge in [0.25, 0.3) is 0 Å². The Morgan fingerprint density at radius 2 is 2.30 bits per heavy atom. The Labute approximate surface area is 121 Å². The van der Waals surface area contributed by atoms with Crippen LogP contribution in [0.25, 0.3) is 11.6 Å². The summed E-state index contributed by atoms with van der Waals surface area (Å²) in [6, 6.07) is 3.65. The highest BCUT2D eigenvalue weighted by atomic mass is 32.2. The zero-order chi connectivity index (χ0) is 14.4. The molecule has 0 aromatic carbocycles. The second-order valence-corrected chi connectivity index (χ2v) is 4.97. The van der Waals surface area contributed by atoms with Gasteiger partial charge in [0.05, 0.1) is 18.6 Å². The first kappa shape index (κ1) is 14.6. The molecule has 0 fully saturated rings. The second kappa shape index (κ2) is 7.14. The fourth-order valence-electron chi connectivity index (χ4n) is 1.73. The van der Waals surface area contributed by atoms with Gasteiger partial charge in [0.2, 0.25) is 0 Å². The van der Waals surface area contributed by atoms with Gasteiger partial charge in [0, 0.05) is 6.54 Å². The van der Waals surface area contributed by atoms with Crippen molar-refractivity contribution in [3.05, 3.63) is 18.4 Å². The van der Waals surface area contributed by atoms with Gasteiger partial charge in [-0.2, -0.15) is 0 Å². The first-order chi connectivity index (χ1) is 9.76. The smallest absolute Gasteiger partial charge is 0.316 e. The lowest BCUT2D eigenvalue weighted by atomic mass is 10.4. The molecule has 2 aromatic rings. The van der Waals surface area contributed by atoms with Gasteiger partial charge in [0.1, 0.15) is 0 Å². The normalized spacial score (nSPS) is 10.7. The number of ether oxygens (including phenoxy) is 1. The first-order valence-corrected chi connectivity index (χ1v) is 7.50. The van der Waals surface area contributed by atoms with Gasteiger partial charge in [-0.25, -0.2) is 0 Å². The fourth-order valence-corrected chi connectivity index (χ4v) is 2.50. The van der Waals surface area contributed by atoms with E-state index in [9.17, 15) is 4.79 Å². The summed E-state index contributed by atoms with van der Waals surface area (Å²) in [5, 5.41) is 8.98. The standard InChI is InChI=1S/C13H17N3O3S/c1-3-7-16-12(10-6-5-8-19-10)14-15-13(16)20-9-11(17)18-4-2/h5-6,8H,3-4,7,9H2,1-2H3. The van der Waals surface area contributed by atoms with Crippen LogP contribution in [-0.4, -0.2) is 33.1 Å². The van der Waals surface area contributed by atoms with Gasteiger partial charge in [-0.1, -0.05) is 18.7 Å². The van der Waals surface area contributed by atoms with Crippen molar-refractivity contribution in [2.75, 3.05) is 12.4 Å². The molecular formula is C13H17N3O3S. The number of rotatable bonds is 7. The molecule has 0 bridgehead atoms. The summed E-state index contributed by atoms with van der Waals surface area (Å²) in [5.41, 5.74) is 0. The van der Waals surface area contributed by atoms with Crippen LogP contribution in [0.3, 0.4) is 0 Å². The van der Waals surface area contributed by atoms with Crippen molar-refractivity contribution in [1.82, 2.24) is 14.8 Å². The Hall–Kier alpha value is -1.76. The summed E-state index contributed by atoms with van der Waals surface area (Å²) >= 11 is 1.33. The van der Waals surface area contributed by atoms with Crippen LogP contribution in [0.4, 0.5) is 0 Å². The number of esters is 1. The molecular weight excluding hydrogens is 278 g/mol. The number of thioether (sulfide) groups is 1. The number of carbonyl (C=O) groups is 1. The topological polar surface area (TPSA) is 70.2 Å². The van der Waals surface area contributed by atoms with Crippen LogP contribution in [0.1, 0.15) is 20.3 Å². The van der Waals surface area contributed by atoms with Crippen LogP contribution in [-0.2, 0) is 16.1 Å².